The highest BCUT2D eigenvalue weighted by Crippen LogP contribution is 2.08. The van der Waals surface area contributed by atoms with Crippen molar-refractivity contribution < 1.29 is 0 Å². The molecular formula is C11H20N2O. The molecule has 0 fully saturated rings. The van der Waals surface area contributed by atoms with Gasteiger partial charge in [-0.3, -0.25) is 14.6 Å². The Morgan fingerprint density at radius 3 is 2.43 bits per heavy atom. The Hall–Kier alpha value is -0.990. The van der Waals surface area contributed by atoms with Crippen LogP contribution >= 0.6 is 0 Å². The summed E-state index contributed by atoms with van der Waals surface area (Å²) in [7, 11) is 0. The molecule has 1 rings (SSSR count). The first-order valence-electron chi connectivity index (χ1n) is 5.30. The summed E-state index contributed by atoms with van der Waals surface area (Å²) in [4.78, 5) is 11.5. The van der Waals surface area contributed by atoms with Crippen LogP contribution in [0.1, 0.15) is 45.7 Å². The molecule has 0 saturated heterocycles. The van der Waals surface area contributed by atoms with Gasteiger partial charge in [0.15, 0.2) is 0 Å². The van der Waals surface area contributed by atoms with Gasteiger partial charge < -0.3 is 0 Å². The molecular weight excluding hydrogens is 176 g/mol. The van der Waals surface area contributed by atoms with Crippen molar-refractivity contribution in [1.82, 2.24) is 9.78 Å². The molecule has 1 aromatic rings. The molecule has 1 N–H and O–H groups in total. The number of H-pyrrole nitrogens is 1. The largest absolute Gasteiger partial charge is 0.299 e. The fraction of sp³-hybridized carbons (Fsp3) is 0.727. The molecule has 0 aromatic carbocycles. The third-order valence-electron chi connectivity index (χ3n) is 2.36. The molecule has 0 saturated carbocycles. The molecule has 3 nitrogen and oxygen atoms in total. The van der Waals surface area contributed by atoms with Gasteiger partial charge in [0.25, 0.3) is 5.56 Å². The van der Waals surface area contributed by atoms with Crippen LogP contribution in [0.15, 0.2) is 10.9 Å². The second-order valence-corrected chi connectivity index (χ2v) is 4.54. The Balaban J connectivity index is 2.73. The topological polar surface area (TPSA) is 37.8 Å². The van der Waals surface area contributed by atoms with Crippen LogP contribution in [0.5, 0.6) is 0 Å². The molecule has 0 radical (unpaired) electrons. The van der Waals surface area contributed by atoms with E-state index in [9.17, 15) is 4.79 Å². The van der Waals surface area contributed by atoms with E-state index in [0.29, 0.717) is 11.8 Å². The second kappa shape index (κ2) is 4.49. The predicted molar refractivity (Wildman–Crippen MR) is 58.6 cm³/mol. The van der Waals surface area contributed by atoms with Gasteiger partial charge in [-0.1, -0.05) is 27.7 Å². The highest BCUT2D eigenvalue weighted by molar-refractivity contribution is 5.04. The highest BCUT2D eigenvalue weighted by Gasteiger charge is 2.06. The van der Waals surface area contributed by atoms with Crippen molar-refractivity contribution in [1.29, 1.82) is 0 Å². The van der Waals surface area contributed by atoms with E-state index in [2.05, 4.69) is 32.8 Å². The summed E-state index contributed by atoms with van der Waals surface area (Å²) in [6.07, 6.45) is 1.04. The fourth-order valence-electron chi connectivity index (χ4n) is 1.30. The first-order valence-corrected chi connectivity index (χ1v) is 5.30. The fourth-order valence-corrected chi connectivity index (χ4v) is 1.30. The smallest absolute Gasteiger partial charge is 0.266 e. The van der Waals surface area contributed by atoms with E-state index in [1.165, 1.54) is 0 Å². The van der Waals surface area contributed by atoms with Crippen LogP contribution in [-0.4, -0.2) is 9.78 Å². The lowest BCUT2D eigenvalue weighted by Gasteiger charge is -2.05. The maximum atomic E-state index is 11.5. The summed E-state index contributed by atoms with van der Waals surface area (Å²) in [6.45, 7) is 9.29. The van der Waals surface area contributed by atoms with Crippen molar-refractivity contribution >= 4 is 0 Å². The lowest BCUT2D eigenvalue weighted by Crippen LogP contribution is -2.16. The van der Waals surface area contributed by atoms with Crippen molar-refractivity contribution in [2.45, 2.75) is 46.6 Å². The zero-order valence-electron chi connectivity index (χ0n) is 9.50. The quantitative estimate of drug-likeness (QED) is 0.788. The molecule has 80 valence electrons. The highest BCUT2D eigenvalue weighted by atomic mass is 16.1. The van der Waals surface area contributed by atoms with Crippen molar-refractivity contribution in [2.24, 2.45) is 5.92 Å². The maximum absolute atomic E-state index is 11.5. The predicted octanol–water partition coefficient (Wildman–Crippen LogP) is 2.35. The third-order valence-corrected chi connectivity index (χ3v) is 2.36. The van der Waals surface area contributed by atoms with E-state index in [1.54, 1.807) is 10.7 Å². The number of aromatic amines is 1. The molecule has 0 amide bonds. The molecule has 0 bridgehead atoms. The van der Waals surface area contributed by atoms with Crippen LogP contribution in [0, 0.1) is 5.92 Å². The molecule has 0 atom stereocenters. The summed E-state index contributed by atoms with van der Waals surface area (Å²) in [5.41, 5.74) is 1.12. The van der Waals surface area contributed by atoms with Gasteiger partial charge in [0.05, 0.1) is 0 Å². The molecule has 0 unspecified atom stereocenters. The van der Waals surface area contributed by atoms with Crippen molar-refractivity contribution in [3.63, 3.8) is 0 Å². The van der Waals surface area contributed by atoms with Crippen molar-refractivity contribution in [3.05, 3.63) is 22.1 Å². The minimum absolute atomic E-state index is 0.0920. The molecule has 1 aromatic heterocycles. The Morgan fingerprint density at radius 1 is 1.36 bits per heavy atom. The van der Waals surface area contributed by atoms with E-state index in [-0.39, 0.29) is 5.56 Å². The number of rotatable bonds is 4. The number of aryl methyl sites for hydroxylation is 1. The van der Waals surface area contributed by atoms with Crippen LogP contribution in [0.3, 0.4) is 0 Å². The van der Waals surface area contributed by atoms with E-state index < -0.39 is 0 Å². The molecule has 1 heterocycles. The summed E-state index contributed by atoms with van der Waals surface area (Å²) in [5.74, 6) is 1.02. The second-order valence-electron chi connectivity index (χ2n) is 4.54. The number of nitrogens with zero attached hydrogens (tertiary/aromatic N) is 1. The maximum Gasteiger partial charge on any atom is 0.266 e. The normalized spacial score (nSPS) is 11.6. The van der Waals surface area contributed by atoms with Gasteiger partial charge in [-0.05, 0) is 18.3 Å². The lowest BCUT2D eigenvalue weighted by atomic mass is 10.1. The Bertz CT molecular complexity index is 333. The zero-order chi connectivity index (χ0) is 10.7. The van der Waals surface area contributed by atoms with Gasteiger partial charge in [-0.2, -0.15) is 0 Å². The SMILES string of the molecule is CC(C)CCn1[nH]c(C(C)C)cc1=O. The Labute approximate surface area is 85.1 Å². The standard InChI is InChI=1S/C11H20N2O/c1-8(2)5-6-13-11(14)7-10(12-13)9(3)4/h7-9,12H,5-6H2,1-4H3. The Kier molecular flexibility index (Phi) is 3.55. The van der Waals surface area contributed by atoms with Gasteiger partial charge >= 0.3 is 0 Å². The number of hydrogen-bond donors (Lipinski definition) is 1. The number of nitrogens with one attached hydrogen (secondary N) is 1. The minimum atomic E-state index is 0.0920. The monoisotopic (exact) mass is 196 g/mol. The Morgan fingerprint density at radius 2 is 2.00 bits per heavy atom. The molecule has 0 spiro atoms. The first kappa shape index (κ1) is 11.1. The van der Waals surface area contributed by atoms with Gasteiger partial charge in [0.2, 0.25) is 0 Å². The minimum Gasteiger partial charge on any atom is -0.299 e. The van der Waals surface area contributed by atoms with Crippen LogP contribution in [0.4, 0.5) is 0 Å². The average molecular weight is 196 g/mol. The molecule has 14 heavy (non-hydrogen) atoms. The van der Waals surface area contributed by atoms with Gasteiger partial charge in [0, 0.05) is 18.3 Å². The number of aromatic nitrogens is 2. The summed E-state index contributed by atoms with van der Waals surface area (Å²) in [6, 6.07) is 1.70. The first-order chi connectivity index (χ1) is 6.50. The van der Waals surface area contributed by atoms with Crippen molar-refractivity contribution in [3.8, 4) is 0 Å². The average Bonchev–Trinajstić information content (AvgIpc) is 2.43. The molecule has 0 aliphatic rings. The van der Waals surface area contributed by atoms with E-state index >= 15 is 0 Å². The van der Waals surface area contributed by atoms with Crippen molar-refractivity contribution in [2.75, 3.05) is 0 Å². The van der Waals surface area contributed by atoms with E-state index in [4.69, 9.17) is 0 Å². The van der Waals surface area contributed by atoms with Gasteiger partial charge in [-0.25, -0.2) is 0 Å². The van der Waals surface area contributed by atoms with E-state index in [1.807, 2.05) is 0 Å². The van der Waals surface area contributed by atoms with Crippen LogP contribution < -0.4 is 5.56 Å². The lowest BCUT2D eigenvalue weighted by molar-refractivity contribution is 0.475. The van der Waals surface area contributed by atoms with Crippen LogP contribution in [0.25, 0.3) is 0 Å². The summed E-state index contributed by atoms with van der Waals surface area (Å²) < 4.78 is 1.70. The van der Waals surface area contributed by atoms with Crippen LogP contribution in [-0.2, 0) is 6.54 Å². The molecule has 0 aliphatic heterocycles. The molecule has 0 aliphatic carbocycles. The van der Waals surface area contributed by atoms with Gasteiger partial charge in [-0.15, -0.1) is 0 Å². The van der Waals surface area contributed by atoms with Crippen LogP contribution in [0.2, 0.25) is 0 Å². The molecule has 3 heteroatoms. The third kappa shape index (κ3) is 2.76. The summed E-state index contributed by atoms with van der Waals surface area (Å²) >= 11 is 0. The van der Waals surface area contributed by atoms with E-state index in [0.717, 1.165) is 18.7 Å². The summed E-state index contributed by atoms with van der Waals surface area (Å²) in [5, 5.41) is 3.14. The zero-order valence-corrected chi connectivity index (χ0v) is 9.50. The van der Waals surface area contributed by atoms with Gasteiger partial charge in [0.1, 0.15) is 0 Å². The number of hydrogen-bond acceptors (Lipinski definition) is 1.